The van der Waals surface area contributed by atoms with Crippen molar-refractivity contribution in [2.45, 2.75) is 128 Å². The number of nitrogens with one attached hydrogen (secondary N) is 1. The molecule has 0 unspecified atom stereocenters. The van der Waals surface area contributed by atoms with Crippen LogP contribution in [0.3, 0.4) is 0 Å². The topological polar surface area (TPSA) is 202 Å². The van der Waals surface area contributed by atoms with Gasteiger partial charge in [0.2, 0.25) is 0 Å². The van der Waals surface area contributed by atoms with Crippen LogP contribution in [0, 0.1) is 16.7 Å². The first-order valence-electron chi connectivity index (χ1n) is 20.1. The fourth-order valence-electron chi connectivity index (χ4n) is 10.1. The second kappa shape index (κ2) is 16.3. The molecule has 11 atom stereocenters. The summed E-state index contributed by atoms with van der Waals surface area (Å²) in [4.78, 5) is 70.1. The molecule has 0 radical (unpaired) electrons. The summed E-state index contributed by atoms with van der Waals surface area (Å²) in [6, 6.07) is 15.1. The summed E-state index contributed by atoms with van der Waals surface area (Å²) in [7, 11) is 2.78. The minimum absolute atomic E-state index is 0.121. The summed E-state index contributed by atoms with van der Waals surface area (Å²) in [6.45, 7) is 12.7. The standard InChI is InChI=1S/C45H57NO14/c1-24-28(57-39(51)33(48)32(26-17-13-11-14-18-26)46-40(52)60-41(3,4)5)22-45(53)37(58-38(50)27-19-15-12-16-20-27)35-43(8,36(49)34(55-10)31(24)42(45,6)7)29(54-9)21-30-44(35,23-56-30)59-25(2)47/h11-20,28-30,32-35,37,48,53H,21-23H2,1-10H3,(H,46,52)/t28-,29-,30+,32+,33-,34+,35-,37-,43+,44-,45+/m0/s1. The number of ether oxygens (including phenoxy) is 7. The zero-order valence-corrected chi connectivity index (χ0v) is 35.8. The largest absolute Gasteiger partial charge is 0.456 e. The summed E-state index contributed by atoms with van der Waals surface area (Å²) in [5, 5.41) is 28.0. The second-order valence-corrected chi connectivity index (χ2v) is 18.0. The zero-order valence-electron chi connectivity index (χ0n) is 35.8. The Labute approximate surface area is 350 Å². The van der Waals surface area contributed by atoms with Gasteiger partial charge in [-0.05, 0) is 63.5 Å². The molecular weight excluding hydrogens is 778 g/mol. The van der Waals surface area contributed by atoms with Gasteiger partial charge in [0.1, 0.15) is 35.6 Å². The molecule has 2 saturated carbocycles. The van der Waals surface area contributed by atoms with Crippen LogP contribution < -0.4 is 5.32 Å². The van der Waals surface area contributed by atoms with Crippen LogP contribution in [0.1, 0.15) is 90.2 Å². The Morgan fingerprint density at radius 2 is 1.55 bits per heavy atom. The van der Waals surface area contributed by atoms with Crippen LogP contribution in [0.5, 0.6) is 0 Å². The Kier molecular flexibility index (Phi) is 12.2. The molecule has 15 nitrogen and oxygen atoms in total. The molecule has 60 heavy (non-hydrogen) atoms. The number of carbonyl (C=O) groups is 5. The third-order valence-electron chi connectivity index (χ3n) is 13.0. The van der Waals surface area contributed by atoms with E-state index in [2.05, 4.69) is 5.32 Å². The molecule has 3 fully saturated rings. The zero-order chi connectivity index (χ0) is 44.2. The number of benzene rings is 2. The average Bonchev–Trinajstić information content (AvgIpc) is 3.18. The van der Waals surface area contributed by atoms with E-state index in [-0.39, 0.29) is 24.2 Å². The lowest BCUT2D eigenvalue weighted by molar-refractivity contribution is -0.347. The quantitative estimate of drug-likeness (QED) is 0.171. The third kappa shape index (κ3) is 7.52. The minimum Gasteiger partial charge on any atom is -0.456 e. The number of aliphatic hydroxyl groups is 2. The fraction of sp³-hybridized carbons (Fsp3) is 0.578. The van der Waals surface area contributed by atoms with E-state index in [4.69, 9.17) is 33.2 Å². The van der Waals surface area contributed by atoms with Crippen LogP contribution in [-0.2, 0) is 47.5 Å². The summed E-state index contributed by atoms with van der Waals surface area (Å²) in [5.41, 5.74) is -6.72. The van der Waals surface area contributed by atoms with Crippen molar-refractivity contribution in [1.29, 1.82) is 0 Å². The van der Waals surface area contributed by atoms with Gasteiger partial charge >= 0.3 is 24.0 Å². The normalized spacial score (nSPS) is 33.0. The average molecular weight is 836 g/mol. The first kappa shape index (κ1) is 44.9. The number of esters is 3. The molecule has 2 aromatic rings. The molecule has 1 amide bonds. The number of aliphatic hydroxyl groups excluding tert-OH is 1. The number of Topliss-reactive ketones (excluding diaryl/α,β-unsaturated/α-hetero) is 1. The number of amides is 1. The van der Waals surface area contributed by atoms with Gasteiger partial charge in [-0.3, -0.25) is 9.59 Å². The maximum Gasteiger partial charge on any atom is 0.408 e. The van der Waals surface area contributed by atoms with Gasteiger partial charge in [0.15, 0.2) is 17.5 Å². The molecule has 1 heterocycles. The highest BCUT2D eigenvalue weighted by Gasteiger charge is 2.78. The smallest absolute Gasteiger partial charge is 0.408 e. The molecule has 1 saturated heterocycles. The lowest BCUT2D eigenvalue weighted by Crippen LogP contribution is -2.82. The Morgan fingerprint density at radius 1 is 0.933 bits per heavy atom. The van der Waals surface area contributed by atoms with E-state index < -0.39 is 112 Å². The molecule has 326 valence electrons. The molecule has 0 spiro atoms. The highest BCUT2D eigenvalue weighted by molar-refractivity contribution is 5.94. The molecular formula is C45H57NO14. The van der Waals surface area contributed by atoms with Gasteiger partial charge in [0, 0.05) is 39.4 Å². The maximum atomic E-state index is 15.5. The first-order chi connectivity index (χ1) is 28.1. The molecule has 4 aliphatic rings. The lowest BCUT2D eigenvalue weighted by atomic mass is 9.44. The number of hydrogen-bond donors (Lipinski definition) is 3. The van der Waals surface area contributed by atoms with Crippen molar-refractivity contribution in [3.63, 3.8) is 0 Å². The number of alkyl carbamates (subject to hydrolysis) is 1. The number of rotatable bonds is 10. The van der Waals surface area contributed by atoms with Crippen LogP contribution in [0.25, 0.3) is 0 Å². The number of ketones is 1. The van der Waals surface area contributed by atoms with Gasteiger partial charge in [-0.2, -0.15) is 0 Å². The van der Waals surface area contributed by atoms with E-state index in [1.165, 1.54) is 21.1 Å². The summed E-state index contributed by atoms with van der Waals surface area (Å²) < 4.78 is 42.4. The Bertz CT molecular complexity index is 2010. The Hall–Kier alpha value is -4.67. The van der Waals surface area contributed by atoms with Crippen LogP contribution >= 0.6 is 0 Å². The van der Waals surface area contributed by atoms with E-state index in [1.807, 2.05) is 0 Å². The third-order valence-corrected chi connectivity index (χ3v) is 13.0. The van der Waals surface area contributed by atoms with Crippen molar-refractivity contribution >= 4 is 29.8 Å². The van der Waals surface area contributed by atoms with E-state index in [0.29, 0.717) is 11.1 Å². The van der Waals surface area contributed by atoms with Crippen molar-refractivity contribution < 1.29 is 67.3 Å². The highest BCUT2D eigenvalue weighted by atomic mass is 16.6. The number of hydrogen-bond acceptors (Lipinski definition) is 14. The van der Waals surface area contributed by atoms with Gasteiger partial charge in [-0.15, -0.1) is 0 Å². The van der Waals surface area contributed by atoms with Gasteiger partial charge in [0.05, 0.1) is 35.6 Å². The molecule has 0 aromatic heterocycles. The van der Waals surface area contributed by atoms with E-state index >= 15 is 4.79 Å². The molecule has 3 aliphatic carbocycles. The van der Waals surface area contributed by atoms with Crippen molar-refractivity contribution in [1.82, 2.24) is 5.32 Å². The van der Waals surface area contributed by atoms with Crippen molar-refractivity contribution in [2.24, 2.45) is 16.7 Å². The first-order valence-corrected chi connectivity index (χ1v) is 20.1. The highest BCUT2D eigenvalue weighted by Crippen LogP contribution is 2.64. The van der Waals surface area contributed by atoms with Gasteiger partial charge in [-0.25, -0.2) is 14.4 Å². The predicted octanol–water partition coefficient (Wildman–Crippen LogP) is 4.57. The van der Waals surface area contributed by atoms with Gasteiger partial charge in [0.25, 0.3) is 0 Å². The summed E-state index contributed by atoms with van der Waals surface area (Å²) in [6.07, 6.45) is -9.31. The van der Waals surface area contributed by atoms with E-state index in [0.717, 1.165) is 0 Å². The van der Waals surface area contributed by atoms with E-state index in [1.54, 1.807) is 109 Å². The van der Waals surface area contributed by atoms with Crippen molar-refractivity contribution in [3.05, 3.63) is 82.9 Å². The molecule has 3 N–H and O–H groups in total. The molecule has 2 bridgehead atoms. The predicted molar refractivity (Wildman–Crippen MR) is 213 cm³/mol. The molecule has 6 rings (SSSR count). The molecule has 2 aromatic carbocycles. The maximum absolute atomic E-state index is 15.5. The Balaban J connectivity index is 1.52. The lowest BCUT2D eigenvalue weighted by Gasteiger charge is -2.67. The minimum atomic E-state index is -2.22. The van der Waals surface area contributed by atoms with Gasteiger partial charge in [-0.1, -0.05) is 62.4 Å². The molecule has 15 heteroatoms. The summed E-state index contributed by atoms with van der Waals surface area (Å²) >= 11 is 0. The van der Waals surface area contributed by atoms with Crippen LogP contribution in [0.15, 0.2) is 71.8 Å². The fourth-order valence-corrected chi connectivity index (χ4v) is 10.1. The Morgan fingerprint density at radius 3 is 2.08 bits per heavy atom. The number of methoxy groups -OCH3 is 2. The number of carbonyl (C=O) groups excluding carboxylic acids is 5. The summed E-state index contributed by atoms with van der Waals surface area (Å²) in [5.74, 6) is -4.52. The van der Waals surface area contributed by atoms with Crippen LogP contribution in [0.4, 0.5) is 4.79 Å². The molecule has 1 aliphatic heterocycles. The van der Waals surface area contributed by atoms with E-state index in [9.17, 15) is 29.4 Å². The monoisotopic (exact) mass is 835 g/mol. The van der Waals surface area contributed by atoms with Crippen molar-refractivity contribution in [3.8, 4) is 0 Å². The van der Waals surface area contributed by atoms with Crippen LogP contribution in [0.2, 0.25) is 0 Å². The van der Waals surface area contributed by atoms with Crippen LogP contribution in [-0.4, -0.2) is 114 Å². The van der Waals surface area contributed by atoms with Gasteiger partial charge < -0.3 is 48.7 Å². The second-order valence-electron chi connectivity index (χ2n) is 18.0. The number of fused-ring (bicyclic) bond motifs is 5. The SMILES string of the molecule is CO[C@H]1C(=O)[C@]2(C)[C@@H](OC)C[C@H]3OC[C@@]3(OC(C)=O)[C@H]2[C@H](OC(=O)c2ccccc2)[C@]2(O)C[C@H](OC(=O)[C@@H](O)[C@H](NC(=O)OC(C)(C)C)c3ccccc3)C(C)=C1C2(C)C. The van der Waals surface area contributed by atoms with Crippen molar-refractivity contribution in [2.75, 3.05) is 20.8 Å².